The van der Waals surface area contributed by atoms with Crippen molar-refractivity contribution in [1.29, 1.82) is 0 Å². The highest BCUT2D eigenvalue weighted by atomic mass is 35.5. The number of benzene rings is 2. The van der Waals surface area contributed by atoms with Gasteiger partial charge in [-0.3, -0.25) is 0 Å². The van der Waals surface area contributed by atoms with Crippen LogP contribution in [0.1, 0.15) is 25.3 Å². The van der Waals surface area contributed by atoms with E-state index in [0.29, 0.717) is 35.0 Å². The number of aromatic nitrogens is 2. The van der Waals surface area contributed by atoms with Crippen molar-refractivity contribution in [3.63, 3.8) is 0 Å². The van der Waals surface area contributed by atoms with Crippen molar-refractivity contribution in [2.75, 3.05) is 50.1 Å². The lowest BCUT2D eigenvalue weighted by atomic mass is 10.0. The highest BCUT2D eigenvalue weighted by Crippen LogP contribution is 2.39. The molecule has 2 N–H and O–H groups in total. The largest absolute Gasteiger partial charge is 0.508 e. The van der Waals surface area contributed by atoms with E-state index in [9.17, 15) is 5.11 Å². The fourth-order valence-corrected chi connectivity index (χ4v) is 6.20. The highest BCUT2D eigenvalue weighted by molar-refractivity contribution is 6.33. The first-order chi connectivity index (χ1) is 18.7. The summed E-state index contributed by atoms with van der Waals surface area (Å²) in [5.74, 6) is 0.621. The van der Waals surface area contributed by atoms with Crippen LogP contribution in [0.4, 0.5) is 16.2 Å². The molecule has 4 heterocycles. The van der Waals surface area contributed by atoms with Crippen molar-refractivity contribution in [3.05, 3.63) is 62.9 Å². The molecule has 3 aromatic rings. The molecular weight excluding hydrogens is 515 g/mol. The predicted molar refractivity (Wildman–Crippen MR) is 157 cm³/mol. The van der Waals surface area contributed by atoms with Crippen LogP contribution in [-0.4, -0.2) is 78.4 Å². The molecule has 3 aliphatic rings. The van der Waals surface area contributed by atoms with Crippen LogP contribution in [0, 0.1) is 5.82 Å². The lowest BCUT2D eigenvalue weighted by Crippen LogP contribution is -2.58. The van der Waals surface area contributed by atoms with Crippen molar-refractivity contribution < 1.29 is 9.50 Å². The summed E-state index contributed by atoms with van der Waals surface area (Å²) in [6.45, 7) is 8.86. The van der Waals surface area contributed by atoms with E-state index in [-0.39, 0.29) is 21.9 Å². The lowest BCUT2D eigenvalue weighted by Gasteiger charge is -2.43. The van der Waals surface area contributed by atoms with E-state index in [2.05, 4.69) is 40.7 Å². The Balaban J connectivity index is 1.49. The van der Waals surface area contributed by atoms with Crippen molar-refractivity contribution in [2.24, 2.45) is 0 Å². The molecule has 9 heteroatoms. The molecule has 39 heavy (non-hydrogen) atoms. The molecule has 3 fully saturated rings. The van der Waals surface area contributed by atoms with Crippen LogP contribution in [-0.2, 0) is 0 Å². The molecule has 0 amide bonds. The van der Waals surface area contributed by atoms with Gasteiger partial charge in [-0.1, -0.05) is 42.4 Å². The van der Waals surface area contributed by atoms with E-state index in [1.807, 2.05) is 24.3 Å². The Morgan fingerprint density at radius 1 is 1.13 bits per heavy atom. The van der Waals surface area contributed by atoms with Gasteiger partial charge in [-0.15, -0.1) is 0 Å². The maximum Gasteiger partial charge on any atom is 0.228 e. The Kier molecular flexibility index (Phi) is 6.73. The predicted octanol–water partition coefficient (Wildman–Crippen LogP) is 3.29. The Labute approximate surface area is 232 Å². The van der Waals surface area contributed by atoms with E-state index in [0.717, 1.165) is 55.3 Å². The third-order valence-electron chi connectivity index (χ3n) is 8.35. The van der Waals surface area contributed by atoms with Gasteiger partial charge in [0.2, 0.25) is 5.95 Å². The van der Waals surface area contributed by atoms with Crippen LogP contribution >= 0.6 is 11.6 Å². The number of nitrogens with zero attached hydrogens (tertiary/aromatic N) is 5. The normalized spacial score (nSPS) is 22.6. The minimum atomic E-state index is -0.550. The fraction of sp³-hybridized carbons (Fsp3) is 0.400. The van der Waals surface area contributed by atoms with Gasteiger partial charge in [0.15, 0.2) is 5.82 Å². The van der Waals surface area contributed by atoms with Crippen LogP contribution in [0.15, 0.2) is 36.1 Å². The van der Waals surface area contributed by atoms with Gasteiger partial charge in [-0.25, -0.2) is 9.37 Å². The summed E-state index contributed by atoms with van der Waals surface area (Å²) >= 11 is 6.74. The molecular formula is C30H34ClFN6O. The summed E-state index contributed by atoms with van der Waals surface area (Å²) in [6, 6.07) is 10.4. The average Bonchev–Trinajstić information content (AvgIpc) is 3.21. The van der Waals surface area contributed by atoms with Crippen molar-refractivity contribution >= 4 is 52.5 Å². The summed E-state index contributed by atoms with van der Waals surface area (Å²) < 4.78 is 16.4. The van der Waals surface area contributed by atoms with Gasteiger partial charge in [0.25, 0.3) is 0 Å². The Morgan fingerprint density at radius 3 is 2.49 bits per heavy atom. The second-order valence-electron chi connectivity index (χ2n) is 11.2. The standard InChI is InChI=1S/C30H34ClFN6O/c1-17-7-5-6-8-19(17)11-25(39)18(2)26-24(31)12-23-28(27(26)32)34-30(38-15-22(16-38)36(3)4)35-29(23)37-13-20-9-10-21(14-37)33-20/h5-8,11-12,20-22,33,39H,1,9-10,13-16H2,2-4H3/b19-11-,25-18-. The van der Waals surface area contributed by atoms with Gasteiger partial charge in [0.1, 0.15) is 17.1 Å². The zero-order chi connectivity index (χ0) is 27.4. The number of piperazine rings is 1. The Bertz CT molecular complexity index is 1570. The van der Waals surface area contributed by atoms with Crippen LogP contribution in [0.5, 0.6) is 0 Å². The van der Waals surface area contributed by atoms with Gasteiger partial charge in [-0.2, -0.15) is 4.98 Å². The molecule has 6 rings (SSSR count). The van der Waals surface area contributed by atoms with Gasteiger partial charge in [0, 0.05) is 60.8 Å². The molecule has 0 radical (unpaired) electrons. The van der Waals surface area contributed by atoms with Gasteiger partial charge < -0.3 is 25.1 Å². The van der Waals surface area contributed by atoms with Gasteiger partial charge in [0.05, 0.1) is 5.02 Å². The third-order valence-corrected chi connectivity index (χ3v) is 8.65. The van der Waals surface area contributed by atoms with Crippen LogP contribution in [0.3, 0.4) is 0 Å². The average molecular weight is 549 g/mol. The van der Waals surface area contributed by atoms with Crippen LogP contribution in [0.25, 0.3) is 29.1 Å². The maximum atomic E-state index is 16.4. The Morgan fingerprint density at radius 2 is 1.82 bits per heavy atom. The van der Waals surface area contributed by atoms with Crippen LogP contribution in [0.2, 0.25) is 5.02 Å². The number of nitrogens with one attached hydrogen (secondary N) is 1. The molecule has 2 unspecified atom stereocenters. The molecule has 2 aromatic carbocycles. The smallest absolute Gasteiger partial charge is 0.228 e. The third kappa shape index (κ3) is 4.75. The second kappa shape index (κ2) is 10.1. The molecule has 0 saturated carbocycles. The number of halogens is 2. The summed E-state index contributed by atoms with van der Waals surface area (Å²) in [5.41, 5.74) is 0.699. The molecule has 7 nitrogen and oxygen atoms in total. The molecule has 2 bridgehead atoms. The number of hydrogen-bond donors (Lipinski definition) is 2. The quantitative estimate of drug-likeness (QED) is 0.474. The number of rotatable bonds is 5. The van der Waals surface area contributed by atoms with E-state index in [1.54, 1.807) is 19.1 Å². The van der Waals surface area contributed by atoms with Crippen LogP contribution < -0.4 is 25.6 Å². The first-order valence-electron chi connectivity index (χ1n) is 13.5. The number of anilines is 2. The van der Waals surface area contributed by atoms with E-state index in [1.165, 1.54) is 0 Å². The molecule has 2 atom stereocenters. The first-order valence-corrected chi connectivity index (χ1v) is 13.9. The van der Waals surface area contributed by atoms with Gasteiger partial charge in [-0.05, 0) is 56.4 Å². The second-order valence-corrected chi connectivity index (χ2v) is 11.6. The topological polar surface area (TPSA) is 67.8 Å². The molecule has 204 valence electrons. The number of allylic oxidation sites excluding steroid dienone is 2. The minimum absolute atomic E-state index is 0.0731. The van der Waals surface area contributed by atoms with E-state index in [4.69, 9.17) is 21.6 Å². The fourth-order valence-electron chi connectivity index (χ4n) is 5.87. The minimum Gasteiger partial charge on any atom is -0.508 e. The number of likely N-dealkylation sites (N-methyl/N-ethyl adjacent to an activating group) is 1. The number of aliphatic hydroxyl groups is 1. The van der Waals surface area contributed by atoms with Gasteiger partial charge >= 0.3 is 0 Å². The maximum absolute atomic E-state index is 16.4. The summed E-state index contributed by atoms with van der Waals surface area (Å²) in [7, 11) is 4.12. The monoisotopic (exact) mass is 548 g/mol. The molecule has 0 aliphatic carbocycles. The SMILES string of the molecule is C=c1cccc/c1=C/C(O)=C(\C)c1c(Cl)cc2c(N3CC4CCC(C3)N4)nc(N3CC(N(C)C)C3)nc2c1F. The van der Waals surface area contributed by atoms with Crippen molar-refractivity contribution in [1.82, 2.24) is 20.2 Å². The number of fused-ring (bicyclic) bond motifs is 3. The molecule has 0 spiro atoms. The molecule has 3 saturated heterocycles. The van der Waals surface area contributed by atoms with E-state index >= 15 is 4.39 Å². The number of aliphatic hydroxyl groups excluding tert-OH is 1. The van der Waals surface area contributed by atoms with Crippen molar-refractivity contribution in [2.45, 2.75) is 37.9 Å². The summed E-state index contributed by atoms with van der Waals surface area (Å²) in [6.07, 6.45) is 3.85. The lowest BCUT2D eigenvalue weighted by molar-refractivity contribution is 0.245. The summed E-state index contributed by atoms with van der Waals surface area (Å²) in [4.78, 5) is 16.3. The first kappa shape index (κ1) is 26.0. The molecule has 3 aliphatic heterocycles. The Hall–Kier alpha value is -3.20. The molecule has 1 aromatic heterocycles. The zero-order valence-electron chi connectivity index (χ0n) is 22.6. The van der Waals surface area contributed by atoms with Crippen molar-refractivity contribution in [3.8, 4) is 0 Å². The zero-order valence-corrected chi connectivity index (χ0v) is 23.3. The van der Waals surface area contributed by atoms with E-state index < -0.39 is 5.82 Å². The highest BCUT2D eigenvalue weighted by Gasteiger charge is 2.36. The summed E-state index contributed by atoms with van der Waals surface area (Å²) in [5, 5.41) is 17.0. The number of hydrogen-bond acceptors (Lipinski definition) is 7.